The first-order valence-corrected chi connectivity index (χ1v) is 8.39. The van der Waals surface area contributed by atoms with E-state index in [-0.39, 0.29) is 11.8 Å². The molecule has 9 nitrogen and oxygen atoms in total. The molecule has 0 saturated heterocycles. The minimum absolute atomic E-state index is 0.175. The van der Waals surface area contributed by atoms with E-state index in [0.717, 1.165) is 24.2 Å². The maximum Gasteiger partial charge on any atom is 0.434 e. The first kappa shape index (κ1) is 16.2. The summed E-state index contributed by atoms with van der Waals surface area (Å²) in [7, 11) is 1.53. The number of nitro groups is 1. The summed E-state index contributed by atoms with van der Waals surface area (Å²) in [5.74, 6) is 1.12. The Balaban J connectivity index is 1.53. The van der Waals surface area contributed by atoms with Crippen LogP contribution in [0.2, 0.25) is 0 Å². The molecule has 2 heterocycles. The summed E-state index contributed by atoms with van der Waals surface area (Å²) in [6.07, 6.45) is 6.30. The van der Waals surface area contributed by atoms with Gasteiger partial charge < -0.3 is 19.4 Å². The van der Waals surface area contributed by atoms with Crippen molar-refractivity contribution in [1.29, 1.82) is 0 Å². The second kappa shape index (κ2) is 6.58. The molecule has 4 rings (SSSR count). The van der Waals surface area contributed by atoms with Crippen molar-refractivity contribution in [3.63, 3.8) is 0 Å². The lowest BCUT2D eigenvalue weighted by atomic mass is 10.2. The summed E-state index contributed by atoms with van der Waals surface area (Å²) < 4.78 is 12.5. The number of rotatable bonds is 5. The van der Waals surface area contributed by atoms with E-state index in [4.69, 9.17) is 9.26 Å². The zero-order chi connectivity index (χ0) is 18.1. The summed E-state index contributed by atoms with van der Waals surface area (Å²) in [6, 6.07) is 7.51. The smallest absolute Gasteiger partial charge is 0.434 e. The topological polar surface area (TPSA) is 109 Å². The van der Waals surface area contributed by atoms with Crippen molar-refractivity contribution in [2.24, 2.45) is 7.05 Å². The summed E-state index contributed by atoms with van der Waals surface area (Å²) >= 11 is 0. The van der Waals surface area contributed by atoms with Crippen LogP contribution >= 0.6 is 0 Å². The van der Waals surface area contributed by atoms with Gasteiger partial charge in [-0.3, -0.25) is 0 Å². The lowest BCUT2D eigenvalue weighted by Gasteiger charge is -2.12. The molecule has 0 amide bonds. The quantitative estimate of drug-likeness (QED) is 0.510. The van der Waals surface area contributed by atoms with Crippen molar-refractivity contribution in [3.05, 3.63) is 40.6 Å². The predicted octanol–water partition coefficient (Wildman–Crippen LogP) is 3.37. The number of ether oxygens (including phenoxy) is 1. The number of imidazole rings is 1. The zero-order valence-electron chi connectivity index (χ0n) is 14.2. The Labute approximate surface area is 148 Å². The molecule has 1 saturated carbocycles. The van der Waals surface area contributed by atoms with Crippen LogP contribution < -0.4 is 4.74 Å². The minimum Gasteiger partial charge on any atom is -0.490 e. The van der Waals surface area contributed by atoms with Gasteiger partial charge in [0.15, 0.2) is 6.20 Å². The largest absolute Gasteiger partial charge is 0.490 e. The fourth-order valence-electron chi connectivity index (χ4n) is 3.09. The highest BCUT2D eigenvalue weighted by molar-refractivity contribution is 5.59. The monoisotopic (exact) mass is 355 g/mol. The third kappa shape index (κ3) is 3.03. The van der Waals surface area contributed by atoms with Crippen LogP contribution in [-0.4, -0.2) is 30.7 Å². The molecule has 0 radical (unpaired) electrons. The summed E-state index contributed by atoms with van der Waals surface area (Å²) in [5.41, 5.74) is 1.16. The second-order valence-corrected chi connectivity index (χ2v) is 6.23. The van der Waals surface area contributed by atoms with Gasteiger partial charge in [-0.2, -0.15) is 4.98 Å². The van der Waals surface area contributed by atoms with Gasteiger partial charge in [0, 0.05) is 5.56 Å². The van der Waals surface area contributed by atoms with Gasteiger partial charge in [-0.1, -0.05) is 10.1 Å². The zero-order valence-corrected chi connectivity index (χ0v) is 14.2. The van der Waals surface area contributed by atoms with Crippen molar-refractivity contribution in [1.82, 2.24) is 19.7 Å². The molecule has 2 aromatic heterocycles. The van der Waals surface area contributed by atoms with Crippen molar-refractivity contribution >= 4 is 5.95 Å². The number of hydrogen-bond acceptors (Lipinski definition) is 7. The first-order chi connectivity index (χ1) is 12.6. The van der Waals surface area contributed by atoms with E-state index in [9.17, 15) is 10.1 Å². The van der Waals surface area contributed by atoms with Gasteiger partial charge in [0.05, 0.1) is 13.2 Å². The molecule has 0 N–H and O–H groups in total. The summed E-state index contributed by atoms with van der Waals surface area (Å²) in [5, 5.41) is 14.8. The van der Waals surface area contributed by atoms with Crippen LogP contribution in [0.4, 0.5) is 5.95 Å². The predicted molar refractivity (Wildman–Crippen MR) is 91.5 cm³/mol. The Kier molecular flexibility index (Phi) is 4.11. The fourth-order valence-corrected chi connectivity index (χ4v) is 3.09. The normalized spacial score (nSPS) is 14.7. The van der Waals surface area contributed by atoms with Gasteiger partial charge in [-0.15, -0.1) is 0 Å². The van der Waals surface area contributed by atoms with Crippen molar-refractivity contribution in [2.75, 3.05) is 0 Å². The number of nitrogens with zero attached hydrogens (tertiary/aromatic N) is 5. The van der Waals surface area contributed by atoms with E-state index >= 15 is 0 Å². The van der Waals surface area contributed by atoms with Gasteiger partial charge in [0.25, 0.3) is 5.89 Å². The van der Waals surface area contributed by atoms with Crippen molar-refractivity contribution in [3.8, 4) is 28.7 Å². The Morgan fingerprint density at radius 2 is 2.00 bits per heavy atom. The number of hydrogen-bond donors (Lipinski definition) is 0. The summed E-state index contributed by atoms with van der Waals surface area (Å²) in [6.45, 7) is 0. The molecular formula is C17H17N5O4. The van der Waals surface area contributed by atoms with E-state index < -0.39 is 4.92 Å². The van der Waals surface area contributed by atoms with Gasteiger partial charge in [-0.25, -0.2) is 4.57 Å². The third-order valence-corrected chi connectivity index (χ3v) is 4.49. The van der Waals surface area contributed by atoms with Crippen LogP contribution in [0.15, 0.2) is 35.0 Å². The Morgan fingerprint density at radius 1 is 1.27 bits per heavy atom. The molecule has 9 heteroatoms. The maximum atomic E-state index is 10.9. The molecule has 0 aliphatic heterocycles. The molecule has 26 heavy (non-hydrogen) atoms. The average molecular weight is 355 g/mol. The third-order valence-electron chi connectivity index (χ3n) is 4.49. The molecule has 134 valence electrons. The molecule has 0 spiro atoms. The van der Waals surface area contributed by atoms with Crippen LogP contribution in [-0.2, 0) is 7.05 Å². The van der Waals surface area contributed by atoms with Crippen LogP contribution in [0.1, 0.15) is 25.7 Å². The van der Waals surface area contributed by atoms with E-state index in [1.807, 2.05) is 24.3 Å². The number of aromatic nitrogens is 4. The molecule has 0 atom stereocenters. The highest BCUT2D eigenvalue weighted by Gasteiger charge is 2.23. The molecule has 1 aliphatic rings. The number of benzene rings is 1. The van der Waals surface area contributed by atoms with Crippen LogP contribution in [0.25, 0.3) is 23.0 Å². The molecule has 1 aliphatic carbocycles. The molecule has 0 unspecified atom stereocenters. The van der Waals surface area contributed by atoms with E-state index in [2.05, 4.69) is 15.1 Å². The van der Waals surface area contributed by atoms with Crippen LogP contribution in [0.5, 0.6) is 5.75 Å². The SMILES string of the molecule is Cn1c(-c2nc(-c3ccc(OC4CCCC4)cc3)no2)cnc1[N+](=O)[O-]. The van der Waals surface area contributed by atoms with Crippen LogP contribution in [0, 0.1) is 10.1 Å². The average Bonchev–Trinajstić information content (AvgIpc) is 3.36. The van der Waals surface area contributed by atoms with Gasteiger partial charge in [0.2, 0.25) is 11.5 Å². The standard InChI is InChI=1S/C17H17N5O4/c1-21-14(10-18-17(21)22(23)24)16-19-15(20-26-16)11-6-8-13(9-7-11)25-12-4-2-3-5-12/h6-10,12H,2-5H2,1H3. The maximum absolute atomic E-state index is 10.9. The Hall–Kier alpha value is -3.23. The molecule has 1 fully saturated rings. The van der Waals surface area contributed by atoms with E-state index in [1.165, 1.54) is 30.7 Å². The van der Waals surface area contributed by atoms with Crippen molar-refractivity contribution in [2.45, 2.75) is 31.8 Å². The molecule has 1 aromatic carbocycles. The second-order valence-electron chi connectivity index (χ2n) is 6.23. The van der Waals surface area contributed by atoms with E-state index in [1.54, 1.807) is 0 Å². The highest BCUT2D eigenvalue weighted by Crippen LogP contribution is 2.27. The lowest BCUT2D eigenvalue weighted by Crippen LogP contribution is -2.10. The molecule has 3 aromatic rings. The van der Waals surface area contributed by atoms with Gasteiger partial charge >= 0.3 is 5.95 Å². The summed E-state index contributed by atoms with van der Waals surface area (Å²) in [4.78, 5) is 18.4. The highest BCUT2D eigenvalue weighted by atomic mass is 16.6. The first-order valence-electron chi connectivity index (χ1n) is 8.39. The molecule has 0 bridgehead atoms. The van der Waals surface area contributed by atoms with Gasteiger partial charge in [-0.05, 0) is 54.9 Å². The Bertz CT molecular complexity index is 925. The lowest BCUT2D eigenvalue weighted by molar-refractivity contribution is -0.396. The van der Waals surface area contributed by atoms with Gasteiger partial charge in [0.1, 0.15) is 5.75 Å². The van der Waals surface area contributed by atoms with E-state index in [0.29, 0.717) is 17.6 Å². The minimum atomic E-state index is -0.566. The fraction of sp³-hybridized carbons (Fsp3) is 0.353. The van der Waals surface area contributed by atoms with Crippen LogP contribution in [0.3, 0.4) is 0 Å². The van der Waals surface area contributed by atoms with Crippen molar-refractivity contribution < 1.29 is 14.2 Å². The Morgan fingerprint density at radius 3 is 2.65 bits per heavy atom. The molecular weight excluding hydrogens is 338 g/mol.